The van der Waals surface area contributed by atoms with Crippen molar-refractivity contribution >= 4 is 17.4 Å². The van der Waals surface area contributed by atoms with E-state index in [9.17, 15) is 4.79 Å². The molecule has 3 rings (SSSR count). The Morgan fingerprint density at radius 1 is 1.56 bits per heavy atom. The number of thiophene rings is 1. The molecule has 1 aromatic rings. The molecule has 0 aliphatic carbocycles. The molecular formula is C13H19N3OS. The molecule has 1 aromatic heterocycles. The Bertz CT molecular complexity index is 414. The molecule has 5 heteroatoms. The second kappa shape index (κ2) is 4.90. The van der Waals surface area contributed by atoms with Crippen molar-refractivity contribution in [2.24, 2.45) is 0 Å². The molecule has 98 valence electrons. The molecule has 2 atom stereocenters. The lowest BCUT2D eigenvalue weighted by Gasteiger charge is -2.19. The Hall–Kier alpha value is -1.07. The largest absolute Gasteiger partial charge is 0.321 e. The first-order chi connectivity index (χ1) is 8.75. The van der Waals surface area contributed by atoms with Gasteiger partial charge in [-0.3, -0.25) is 0 Å². The topological polar surface area (TPSA) is 35.6 Å². The summed E-state index contributed by atoms with van der Waals surface area (Å²) in [7, 11) is 1.91. The number of hydrogen-bond acceptors (Lipinski definition) is 3. The molecular weight excluding hydrogens is 246 g/mol. The minimum Gasteiger partial charge on any atom is -0.321 e. The van der Waals surface area contributed by atoms with Crippen LogP contribution in [0.3, 0.4) is 0 Å². The van der Waals surface area contributed by atoms with Crippen molar-refractivity contribution < 1.29 is 4.79 Å². The molecule has 2 saturated heterocycles. The fraction of sp³-hybridized carbons (Fsp3) is 0.615. The van der Waals surface area contributed by atoms with Crippen LogP contribution < -0.4 is 5.32 Å². The number of carbonyl (C=O) groups excluding carboxylic acids is 1. The van der Waals surface area contributed by atoms with Crippen LogP contribution in [0.5, 0.6) is 0 Å². The molecule has 1 N–H and O–H groups in total. The van der Waals surface area contributed by atoms with Gasteiger partial charge in [-0.05, 0) is 30.8 Å². The number of urea groups is 1. The molecule has 4 nitrogen and oxygen atoms in total. The number of amides is 2. The molecule has 0 radical (unpaired) electrons. The van der Waals surface area contributed by atoms with Crippen LogP contribution >= 0.6 is 11.3 Å². The van der Waals surface area contributed by atoms with Gasteiger partial charge in [0.1, 0.15) is 0 Å². The van der Waals surface area contributed by atoms with Crippen molar-refractivity contribution in [3.8, 4) is 0 Å². The maximum atomic E-state index is 12.2. The Morgan fingerprint density at radius 3 is 3.11 bits per heavy atom. The summed E-state index contributed by atoms with van der Waals surface area (Å²) in [4.78, 5) is 17.4. The van der Waals surface area contributed by atoms with Crippen LogP contribution in [0.1, 0.15) is 23.8 Å². The minimum atomic E-state index is 0.169. The first kappa shape index (κ1) is 12.0. The first-order valence-electron chi connectivity index (χ1n) is 6.54. The van der Waals surface area contributed by atoms with Crippen LogP contribution in [0.25, 0.3) is 0 Å². The molecule has 18 heavy (non-hydrogen) atoms. The van der Waals surface area contributed by atoms with E-state index >= 15 is 0 Å². The van der Waals surface area contributed by atoms with Crippen molar-refractivity contribution in [2.75, 3.05) is 26.7 Å². The predicted molar refractivity (Wildman–Crippen MR) is 72.8 cm³/mol. The number of nitrogens with zero attached hydrogens (tertiary/aromatic N) is 2. The second-order valence-corrected chi connectivity index (χ2v) is 6.10. The third-order valence-corrected chi connectivity index (χ3v) is 4.88. The monoisotopic (exact) mass is 265 g/mol. The maximum absolute atomic E-state index is 12.2. The molecule has 0 aromatic carbocycles. The average molecular weight is 265 g/mol. The second-order valence-electron chi connectivity index (χ2n) is 5.12. The van der Waals surface area contributed by atoms with Gasteiger partial charge in [0.15, 0.2) is 0 Å². The highest BCUT2D eigenvalue weighted by Crippen LogP contribution is 2.31. The Kier molecular flexibility index (Phi) is 3.26. The molecule has 2 fully saturated rings. The van der Waals surface area contributed by atoms with Gasteiger partial charge in [-0.15, -0.1) is 11.3 Å². The zero-order valence-corrected chi connectivity index (χ0v) is 11.4. The number of likely N-dealkylation sites (N-methyl/N-ethyl adjacent to an activating group) is 1. The Morgan fingerprint density at radius 2 is 2.44 bits per heavy atom. The number of hydrogen-bond donors (Lipinski definition) is 1. The van der Waals surface area contributed by atoms with E-state index in [1.54, 1.807) is 11.3 Å². The lowest BCUT2D eigenvalue weighted by Crippen LogP contribution is -2.39. The van der Waals surface area contributed by atoms with E-state index in [4.69, 9.17) is 0 Å². The molecule has 0 spiro atoms. The quantitative estimate of drug-likeness (QED) is 0.906. The standard InChI is InChI=1S/C13H19N3OS/c1-15-11(12-5-3-7-18-12)9-16(13(15)17)8-10-4-2-6-14-10/h3,5,7,10-11,14H,2,4,6,8-9H2,1H3. The number of rotatable bonds is 3. The normalized spacial score (nSPS) is 28.4. The fourth-order valence-electron chi connectivity index (χ4n) is 2.86. The van der Waals surface area contributed by atoms with Crippen molar-refractivity contribution in [1.82, 2.24) is 15.1 Å². The van der Waals surface area contributed by atoms with E-state index in [0.717, 1.165) is 19.6 Å². The van der Waals surface area contributed by atoms with Crippen LogP contribution in [-0.2, 0) is 0 Å². The van der Waals surface area contributed by atoms with Crippen LogP contribution in [0.15, 0.2) is 17.5 Å². The Labute approximate surface area is 112 Å². The molecule has 0 bridgehead atoms. The van der Waals surface area contributed by atoms with Gasteiger partial charge in [0.25, 0.3) is 0 Å². The molecule has 0 saturated carbocycles. The van der Waals surface area contributed by atoms with E-state index in [2.05, 4.69) is 22.8 Å². The summed E-state index contributed by atoms with van der Waals surface area (Å²) in [6.45, 7) is 2.77. The molecule has 2 unspecified atom stereocenters. The fourth-order valence-corrected chi connectivity index (χ4v) is 3.72. The van der Waals surface area contributed by atoms with E-state index in [1.165, 1.54) is 17.7 Å². The maximum Gasteiger partial charge on any atom is 0.320 e. The summed E-state index contributed by atoms with van der Waals surface area (Å²) < 4.78 is 0. The highest BCUT2D eigenvalue weighted by atomic mass is 32.1. The van der Waals surface area contributed by atoms with Crippen molar-refractivity contribution in [2.45, 2.75) is 24.9 Å². The van der Waals surface area contributed by atoms with Gasteiger partial charge in [-0.1, -0.05) is 6.07 Å². The summed E-state index contributed by atoms with van der Waals surface area (Å²) >= 11 is 1.73. The van der Waals surface area contributed by atoms with Gasteiger partial charge in [0.2, 0.25) is 0 Å². The van der Waals surface area contributed by atoms with Gasteiger partial charge in [-0.25, -0.2) is 4.79 Å². The highest BCUT2D eigenvalue weighted by molar-refractivity contribution is 7.10. The van der Waals surface area contributed by atoms with E-state index in [1.807, 2.05) is 16.8 Å². The zero-order valence-electron chi connectivity index (χ0n) is 10.6. The predicted octanol–water partition coefficient (Wildman–Crippen LogP) is 1.91. The summed E-state index contributed by atoms with van der Waals surface area (Å²) in [5, 5.41) is 5.54. The smallest absolute Gasteiger partial charge is 0.320 e. The summed E-state index contributed by atoms with van der Waals surface area (Å²) in [5.74, 6) is 0. The van der Waals surface area contributed by atoms with Crippen LogP contribution in [0.4, 0.5) is 4.79 Å². The van der Waals surface area contributed by atoms with Crippen molar-refractivity contribution in [3.63, 3.8) is 0 Å². The van der Waals surface area contributed by atoms with Crippen LogP contribution in [-0.4, -0.2) is 48.6 Å². The molecule has 2 amide bonds. The lowest BCUT2D eigenvalue weighted by atomic mass is 10.2. The summed E-state index contributed by atoms with van der Waals surface area (Å²) in [6, 6.07) is 5.07. The lowest BCUT2D eigenvalue weighted by molar-refractivity contribution is 0.192. The molecule has 2 aliphatic heterocycles. The minimum absolute atomic E-state index is 0.169. The third-order valence-electron chi connectivity index (χ3n) is 3.91. The van der Waals surface area contributed by atoms with Gasteiger partial charge in [-0.2, -0.15) is 0 Å². The zero-order chi connectivity index (χ0) is 12.5. The molecule has 3 heterocycles. The van der Waals surface area contributed by atoms with E-state index in [-0.39, 0.29) is 12.1 Å². The van der Waals surface area contributed by atoms with Crippen molar-refractivity contribution in [1.29, 1.82) is 0 Å². The first-order valence-corrected chi connectivity index (χ1v) is 7.42. The summed E-state index contributed by atoms with van der Waals surface area (Å²) in [6.07, 6.45) is 2.42. The SMILES string of the molecule is CN1C(=O)N(CC2CCCN2)CC1c1cccs1. The van der Waals surface area contributed by atoms with Crippen LogP contribution in [0.2, 0.25) is 0 Å². The Balaban J connectivity index is 1.68. The van der Waals surface area contributed by atoms with Gasteiger partial charge in [0, 0.05) is 31.1 Å². The molecule has 2 aliphatic rings. The highest BCUT2D eigenvalue weighted by Gasteiger charge is 2.37. The van der Waals surface area contributed by atoms with Crippen molar-refractivity contribution in [3.05, 3.63) is 22.4 Å². The number of carbonyl (C=O) groups is 1. The van der Waals surface area contributed by atoms with Gasteiger partial charge >= 0.3 is 6.03 Å². The van der Waals surface area contributed by atoms with E-state index in [0.29, 0.717) is 6.04 Å². The van der Waals surface area contributed by atoms with E-state index < -0.39 is 0 Å². The summed E-state index contributed by atoms with van der Waals surface area (Å²) in [5.41, 5.74) is 0. The number of nitrogens with one attached hydrogen (secondary N) is 1. The van der Waals surface area contributed by atoms with Crippen LogP contribution in [0, 0.1) is 0 Å². The third kappa shape index (κ3) is 2.12. The average Bonchev–Trinajstić information content (AvgIpc) is 3.07. The van der Waals surface area contributed by atoms with Gasteiger partial charge < -0.3 is 15.1 Å². The van der Waals surface area contributed by atoms with Gasteiger partial charge in [0.05, 0.1) is 6.04 Å².